The summed E-state index contributed by atoms with van der Waals surface area (Å²) in [6, 6.07) is 8.35. The number of aryl methyl sites for hydroxylation is 1. The second-order valence-corrected chi connectivity index (χ2v) is 7.21. The fraction of sp³-hybridized carbons (Fsp3) is 0.611. The van der Waals surface area contributed by atoms with Gasteiger partial charge < -0.3 is 10.6 Å². The number of carbonyl (C=O) groups is 1. The van der Waals surface area contributed by atoms with Gasteiger partial charge in [0.15, 0.2) is 0 Å². The van der Waals surface area contributed by atoms with Crippen molar-refractivity contribution in [1.82, 2.24) is 4.90 Å². The van der Waals surface area contributed by atoms with Gasteiger partial charge in [-0.05, 0) is 43.4 Å². The second-order valence-electron chi connectivity index (χ2n) is 7.21. The van der Waals surface area contributed by atoms with Crippen LogP contribution in [0.25, 0.3) is 0 Å². The molecule has 1 aromatic carbocycles. The Morgan fingerprint density at radius 2 is 1.64 bits per heavy atom. The van der Waals surface area contributed by atoms with Crippen molar-refractivity contribution in [3.05, 3.63) is 35.4 Å². The number of amides is 1. The molecule has 4 heteroatoms. The van der Waals surface area contributed by atoms with Crippen molar-refractivity contribution in [1.29, 1.82) is 0 Å². The predicted octanol–water partition coefficient (Wildman–Crippen LogP) is 3.39. The van der Waals surface area contributed by atoms with Gasteiger partial charge in [0.1, 0.15) is 0 Å². The maximum Gasteiger partial charge on any atom is 0.232 e. The average molecular weight is 327 g/mol. The van der Waals surface area contributed by atoms with E-state index in [1.807, 2.05) is 20.9 Å². The van der Waals surface area contributed by atoms with Crippen LogP contribution in [0.3, 0.4) is 0 Å². The van der Waals surface area contributed by atoms with Crippen molar-refractivity contribution in [2.45, 2.75) is 46.5 Å². The molecule has 0 saturated heterocycles. The van der Waals surface area contributed by atoms with E-state index in [4.69, 9.17) is 5.73 Å². The summed E-state index contributed by atoms with van der Waals surface area (Å²) in [4.78, 5) is 14.6. The summed E-state index contributed by atoms with van der Waals surface area (Å²) >= 11 is 0. The van der Waals surface area contributed by atoms with Gasteiger partial charge in [0.25, 0.3) is 0 Å². The molecule has 3 nitrogen and oxygen atoms in total. The first-order valence-electron chi connectivity index (χ1n) is 7.69. The van der Waals surface area contributed by atoms with E-state index >= 15 is 0 Å². The first-order chi connectivity index (χ1) is 9.64. The summed E-state index contributed by atoms with van der Waals surface area (Å²) in [5, 5.41) is 0. The highest BCUT2D eigenvalue weighted by Gasteiger charge is 2.34. The summed E-state index contributed by atoms with van der Waals surface area (Å²) < 4.78 is 0. The van der Waals surface area contributed by atoms with Crippen LogP contribution in [0, 0.1) is 5.41 Å². The standard InChI is InChI=1S/C18H30N2O.ClH/c1-7-14-8-10-15(11-9-14)18(4,5)16(21)20(6)13-17(2,3)12-19;/h8-11H,7,12-13,19H2,1-6H3;1H. The van der Waals surface area contributed by atoms with Crippen LogP contribution >= 0.6 is 12.4 Å². The molecule has 0 radical (unpaired) electrons. The van der Waals surface area contributed by atoms with Crippen LogP contribution in [0.1, 0.15) is 45.7 Å². The third-order valence-corrected chi connectivity index (χ3v) is 4.18. The Morgan fingerprint density at radius 3 is 2.05 bits per heavy atom. The topological polar surface area (TPSA) is 46.3 Å². The molecule has 0 bridgehead atoms. The zero-order valence-electron chi connectivity index (χ0n) is 14.8. The fourth-order valence-corrected chi connectivity index (χ4v) is 2.54. The maximum atomic E-state index is 12.8. The monoisotopic (exact) mass is 326 g/mol. The van der Waals surface area contributed by atoms with E-state index in [9.17, 15) is 4.79 Å². The molecular weight excluding hydrogens is 296 g/mol. The lowest BCUT2D eigenvalue weighted by Gasteiger charge is -2.34. The number of halogens is 1. The van der Waals surface area contributed by atoms with Crippen LogP contribution in [0.4, 0.5) is 0 Å². The molecule has 0 fully saturated rings. The van der Waals surface area contributed by atoms with Gasteiger partial charge in [-0.2, -0.15) is 0 Å². The lowest BCUT2D eigenvalue weighted by molar-refractivity contribution is -0.136. The van der Waals surface area contributed by atoms with Gasteiger partial charge in [0.05, 0.1) is 5.41 Å². The van der Waals surface area contributed by atoms with E-state index in [0.29, 0.717) is 13.1 Å². The van der Waals surface area contributed by atoms with E-state index in [-0.39, 0.29) is 23.7 Å². The molecule has 22 heavy (non-hydrogen) atoms. The first kappa shape index (κ1) is 20.9. The molecule has 0 aliphatic carbocycles. The molecule has 0 heterocycles. The van der Waals surface area contributed by atoms with Crippen molar-refractivity contribution in [3.8, 4) is 0 Å². The summed E-state index contributed by atoms with van der Waals surface area (Å²) in [5.41, 5.74) is 7.53. The SMILES string of the molecule is CCc1ccc(C(C)(C)C(=O)N(C)CC(C)(C)CN)cc1.Cl. The van der Waals surface area contributed by atoms with Crippen molar-refractivity contribution in [2.75, 3.05) is 20.1 Å². The molecular formula is C18H31ClN2O. The van der Waals surface area contributed by atoms with Crippen LogP contribution in [0.5, 0.6) is 0 Å². The number of nitrogens with two attached hydrogens (primary N) is 1. The number of hydrogen-bond donors (Lipinski definition) is 1. The van der Waals surface area contributed by atoms with E-state index in [0.717, 1.165) is 12.0 Å². The number of hydrogen-bond acceptors (Lipinski definition) is 2. The van der Waals surface area contributed by atoms with Gasteiger partial charge in [0.2, 0.25) is 5.91 Å². The quantitative estimate of drug-likeness (QED) is 0.871. The number of rotatable bonds is 6. The lowest BCUT2D eigenvalue weighted by atomic mass is 9.82. The Kier molecular flexibility index (Phi) is 7.60. The Bertz CT molecular complexity index is 480. The summed E-state index contributed by atoms with van der Waals surface area (Å²) in [5.74, 6) is 0.133. The highest BCUT2D eigenvalue weighted by molar-refractivity contribution is 5.87. The number of likely N-dealkylation sites (N-methyl/N-ethyl adjacent to an activating group) is 1. The van der Waals surface area contributed by atoms with Gasteiger partial charge in [-0.1, -0.05) is 45.0 Å². The Balaban J connectivity index is 0.00000441. The Labute approximate surface area is 141 Å². The third kappa shape index (κ3) is 4.99. The maximum absolute atomic E-state index is 12.8. The third-order valence-electron chi connectivity index (χ3n) is 4.18. The minimum atomic E-state index is -0.522. The van der Waals surface area contributed by atoms with E-state index < -0.39 is 5.41 Å². The molecule has 1 aromatic rings. The van der Waals surface area contributed by atoms with Crippen LogP contribution in [0.2, 0.25) is 0 Å². The first-order valence-corrected chi connectivity index (χ1v) is 7.69. The van der Waals surface area contributed by atoms with E-state index in [1.54, 1.807) is 4.90 Å². The summed E-state index contributed by atoms with van der Waals surface area (Å²) in [6.45, 7) is 11.5. The predicted molar refractivity (Wildman–Crippen MR) is 96.6 cm³/mol. The molecule has 0 aliphatic rings. The normalized spacial score (nSPS) is 11.8. The molecule has 0 unspecified atom stereocenters. The Morgan fingerprint density at radius 1 is 1.14 bits per heavy atom. The molecule has 0 aliphatic heterocycles. The van der Waals surface area contributed by atoms with Gasteiger partial charge >= 0.3 is 0 Å². The zero-order valence-corrected chi connectivity index (χ0v) is 15.6. The minimum absolute atomic E-state index is 0. The number of benzene rings is 1. The molecule has 0 saturated carbocycles. The number of carbonyl (C=O) groups excluding carboxylic acids is 1. The smallest absolute Gasteiger partial charge is 0.232 e. The molecule has 126 valence electrons. The molecule has 2 N–H and O–H groups in total. The number of nitrogens with zero attached hydrogens (tertiary/aromatic N) is 1. The second kappa shape index (κ2) is 7.98. The highest BCUT2D eigenvalue weighted by atomic mass is 35.5. The van der Waals surface area contributed by atoms with Crippen molar-refractivity contribution < 1.29 is 4.79 Å². The molecule has 0 atom stereocenters. The van der Waals surface area contributed by atoms with E-state index in [1.165, 1.54) is 5.56 Å². The fourth-order valence-electron chi connectivity index (χ4n) is 2.54. The Hall–Kier alpha value is -1.06. The van der Waals surface area contributed by atoms with Gasteiger partial charge in [-0.25, -0.2) is 0 Å². The van der Waals surface area contributed by atoms with Crippen molar-refractivity contribution in [3.63, 3.8) is 0 Å². The average Bonchev–Trinajstić information content (AvgIpc) is 2.46. The summed E-state index contributed by atoms with van der Waals surface area (Å²) in [6.07, 6.45) is 1.01. The van der Waals surface area contributed by atoms with Gasteiger partial charge in [-0.3, -0.25) is 4.79 Å². The summed E-state index contributed by atoms with van der Waals surface area (Å²) in [7, 11) is 1.86. The van der Waals surface area contributed by atoms with Crippen LogP contribution in [0.15, 0.2) is 24.3 Å². The lowest BCUT2D eigenvalue weighted by Crippen LogP contribution is -2.46. The van der Waals surface area contributed by atoms with Gasteiger partial charge in [0, 0.05) is 13.6 Å². The van der Waals surface area contributed by atoms with Crippen LogP contribution in [-0.4, -0.2) is 30.9 Å². The molecule has 0 aromatic heterocycles. The molecule has 1 amide bonds. The van der Waals surface area contributed by atoms with E-state index in [2.05, 4.69) is 45.0 Å². The zero-order chi connectivity index (χ0) is 16.3. The van der Waals surface area contributed by atoms with Crippen LogP contribution in [-0.2, 0) is 16.6 Å². The molecule has 1 rings (SSSR count). The highest BCUT2D eigenvalue weighted by Crippen LogP contribution is 2.27. The minimum Gasteiger partial charge on any atom is -0.344 e. The largest absolute Gasteiger partial charge is 0.344 e. The van der Waals surface area contributed by atoms with Gasteiger partial charge in [-0.15, -0.1) is 12.4 Å². The van der Waals surface area contributed by atoms with Crippen molar-refractivity contribution in [2.24, 2.45) is 11.1 Å². The van der Waals surface area contributed by atoms with Crippen molar-refractivity contribution >= 4 is 18.3 Å². The van der Waals surface area contributed by atoms with Crippen LogP contribution < -0.4 is 5.73 Å². The molecule has 0 spiro atoms.